The summed E-state index contributed by atoms with van der Waals surface area (Å²) in [5.41, 5.74) is 2.63. The molecule has 0 aromatic heterocycles. The van der Waals surface area contributed by atoms with Crippen molar-refractivity contribution in [2.24, 2.45) is 5.41 Å². The molecule has 1 aromatic rings. The lowest BCUT2D eigenvalue weighted by atomic mass is 9.90. The van der Waals surface area contributed by atoms with Gasteiger partial charge in [-0.05, 0) is 42.0 Å². The summed E-state index contributed by atoms with van der Waals surface area (Å²) in [6.45, 7) is 7.05. The summed E-state index contributed by atoms with van der Waals surface area (Å²) < 4.78 is 0. The molecule has 0 fully saturated rings. The summed E-state index contributed by atoms with van der Waals surface area (Å²) in [5.74, 6) is -0.00868. The van der Waals surface area contributed by atoms with Gasteiger partial charge in [0.05, 0.1) is 0 Å². The number of benzene rings is 1. The van der Waals surface area contributed by atoms with Gasteiger partial charge in [0.1, 0.15) is 0 Å². The molecule has 0 atom stereocenters. The average molecular weight is 274 g/mol. The zero-order valence-corrected chi connectivity index (χ0v) is 12.4. The molecule has 0 bridgehead atoms. The molecule has 1 aromatic carbocycles. The summed E-state index contributed by atoms with van der Waals surface area (Å²) in [7, 11) is 0. The third-order valence-electron chi connectivity index (χ3n) is 3.95. The predicted molar refractivity (Wildman–Crippen MR) is 79.8 cm³/mol. The maximum absolute atomic E-state index is 12.2. The van der Waals surface area contributed by atoms with Crippen LogP contribution in [0.4, 0.5) is 5.69 Å². The van der Waals surface area contributed by atoms with Gasteiger partial charge in [-0.3, -0.25) is 9.59 Å². The highest BCUT2D eigenvalue weighted by atomic mass is 16.2. The van der Waals surface area contributed by atoms with Crippen LogP contribution >= 0.6 is 0 Å². The van der Waals surface area contributed by atoms with Crippen LogP contribution in [0.1, 0.15) is 49.5 Å². The first-order valence-corrected chi connectivity index (χ1v) is 7.12. The Morgan fingerprint density at radius 2 is 2.10 bits per heavy atom. The second-order valence-electron chi connectivity index (χ2n) is 6.12. The van der Waals surface area contributed by atoms with Crippen LogP contribution in [0, 0.1) is 5.41 Å². The fourth-order valence-corrected chi connectivity index (χ4v) is 2.07. The molecule has 1 heterocycles. The first-order valence-electron chi connectivity index (χ1n) is 7.12. The quantitative estimate of drug-likeness (QED) is 0.887. The van der Waals surface area contributed by atoms with Crippen molar-refractivity contribution in [2.45, 2.75) is 40.0 Å². The first-order chi connectivity index (χ1) is 9.41. The van der Waals surface area contributed by atoms with Gasteiger partial charge in [-0.15, -0.1) is 0 Å². The monoisotopic (exact) mass is 274 g/mol. The molecule has 2 rings (SSSR count). The van der Waals surface area contributed by atoms with Gasteiger partial charge in [0.2, 0.25) is 5.91 Å². The molecule has 0 saturated heterocycles. The molecular weight excluding hydrogens is 252 g/mol. The number of nitrogens with one attached hydrogen (secondary N) is 2. The minimum Gasteiger partial charge on any atom is -0.352 e. The predicted octanol–water partition coefficient (Wildman–Crippen LogP) is 2.74. The number of fused-ring (bicyclic) bond motifs is 1. The maximum Gasteiger partial charge on any atom is 0.251 e. The molecular formula is C16H22N2O2. The van der Waals surface area contributed by atoms with Crippen LogP contribution in [0.5, 0.6) is 0 Å². The maximum atomic E-state index is 12.2. The Hall–Kier alpha value is -1.84. The van der Waals surface area contributed by atoms with Crippen molar-refractivity contribution in [1.29, 1.82) is 0 Å². The van der Waals surface area contributed by atoms with E-state index >= 15 is 0 Å². The molecule has 2 N–H and O–H groups in total. The Balaban J connectivity index is 2.06. The topological polar surface area (TPSA) is 58.2 Å². The Morgan fingerprint density at radius 1 is 1.35 bits per heavy atom. The van der Waals surface area contributed by atoms with Gasteiger partial charge in [0.25, 0.3) is 5.91 Å². The number of anilines is 1. The van der Waals surface area contributed by atoms with Crippen molar-refractivity contribution in [1.82, 2.24) is 5.32 Å². The number of hydrogen-bond acceptors (Lipinski definition) is 2. The Bertz CT molecular complexity index is 535. The van der Waals surface area contributed by atoms with Crippen LogP contribution in [0.15, 0.2) is 18.2 Å². The van der Waals surface area contributed by atoms with E-state index in [1.807, 2.05) is 12.1 Å². The molecule has 1 aliphatic heterocycles. The molecule has 2 amide bonds. The molecule has 0 unspecified atom stereocenters. The second kappa shape index (κ2) is 5.65. The van der Waals surface area contributed by atoms with E-state index in [1.165, 1.54) is 0 Å². The van der Waals surface area contributed by atoms with E-state index in [2.05, 4.69) is 31.4 Å². The summed E-state index contributed by atoms with van der Waals surface area (Å²) in [6, 6.07) is 5.45. The van der Waals surface area contributed by atoms with Gasteiger partial charge >= 0.3 is 0 Å². The van der Waals surface area contributed by atoms with Gasteiger partial charge < -0.3 is 10.6 Å². The fourth-order valence-electron chi connectivity index (χ4n) is 2.07. The molecule has 0 radical (unpaired) electrons. The molecule has 20 heavy (non-hydrogen) atoms. The van der Waals surface area contributed by atoms with E-state index in [4.69, 9.17) is 0 Å². The number of carbonyl (C=O) groups is 2. The molecule has 0 spiro atoms. The number of amides is 2. The molecule has 108 valence electrons. The Labute approximate surface area is 119 Å². The van der Waals surface area contributed by atoms with E-state index in [0.29, 0.717) is 24.9 Å². The summed E-state index contributed by atoms with van der Waals surface area (Å²) in [5, 5.41) is 5.80. The summed E-state index contributed by atoms with van der Waals surface area (Å²) in [6.07, 6.45) is 2.20. The lowest BCUT2D eigenvalue weighted by Crippen LogP contribution is -2.33. The van der Waals surface area contributed by atoms with Crippen molar-refractivity contribution in [2.75, 3.05) is 11.9 Å². The molecule has 4 nitrogen and oxygen atoms in total. The zero-order valence-electron chi connectivity index (χ0n) is 12.4. The number of hydrogen-bond donors (Lipinski definition) is 2. The first kappa shape index (κ1) is 14.6. The van der Waals surface area contributed by atoms with E-state index in [-0.39, 0.29) is 17.2 Å². The van der Waals surface area contributed by atoms with Crippen molar-refractivity contribution < 1.29 is 9.59 Å². The van der Waals surface area contributed by atoms with Crippen LogP contribution in [0.3, 0.4) is 0 Å². The standard InChI is InChI=1S/C16H22N2O2/c1-4-16(2,3)10-17-15(20)12-5-7-13-11(9-12)6-8-14(19)18-13/h5,7,9H,4,6,8,10H2,1-3H3,(H,17,20)(H,18,19). The van der Waals surface area contributed by atoms with Crippen LogP contribution in [0.25, 0.3) is 0 Å². The number of carbonyl (C=O) groups excluding carboxylic acids is 2. The van der Waals surface area contributed by atoms with E-state index in [1.54, 1.807) is 6.07 Å². The van der Waals surface area contributed by atoms with Crippen molar-refractivity contribution in [3.05, 3.63) is 29.3 Å². The third kappa shape index (κ3) is 3.38. The largest absolute Gasteiger partial charge is 0.352 e. The van der Waals surface area contributed by atoms with E-state index in [0.717, 1.165) is 17.7 Å². The number of aryl methyl sites for hydroxylation is 1. The molecule has 0 aliphatic carbocycles. The van der Waals surface area contributed by atoms with Crippen molar-refractivity contribution in [3.63, 3.8) is 0 Å². The Kier molecular flexibility index (Phi) is 4.12. The minimum absolute atomic E-state index is 0.0411. The van der Waals surface area contributed by atoms with Crippen molar-refractivity contribution in [3.8, 4) is 0 Å². The summed E-state index contributed by atoms with van der Waals surface area (Å²) in [4.78, 5) is 23.5. The molecule has 0 saturated carbocycles. The van der Waals surface area contributed by atoms with Gasteiger partial charge in [-0.25, -0.2) is 0 Å². The number of rotatable bonds is 4. The van der Waals surface area contributed by atoms with Gasteiger partial charge in [-0.2, -0.15) is 0 Å². The molecule has 4 heteroatoms. The summed E-state index contributed by atoms with van der Waals surface area (Å²) >= 11 is 0. The highest BCUT2D eigenvalue weighted by Crippen LogP contribution is 2.24. The highest BCUT2D eigenvalue weighted by molar-refractivity contribution is 5.97. The lowest BCUT2D eigenvalue weighted by molar-refractivity contribution is -0.116. The van der Waals surface area contributed by atoms with Crippen LogP contribution in [-0.2, 0) is 11.2 Å². The van der Waals surface area contributed by atoms with Gasteiger partial charge in [0.15, 0.2) is 0 Å². The fraction of sp³-hybridized carbons (Fsp3) is 0.500. The second-order valence-corrected chi connectivity index (χ2v) is 6.12. The van der Waals surface area contributed by atoms with Crippen LogP contribution in [0.2, 0.25) is 0 Å². The van der Waals surface area contributed by atoms with Gasteiger partial charge in [0, 0.05) is 24.2 Å². The SMILES string of the molecule is CCC(C)(C)CNC(=O)c1ccc2c(c1)CCC(=O)N2. The molecule has 1 aliphatic rings. The minimum atomic E-state index is -0.0498. The lowest BCUT2D eigenvalue weighted by Gasteiger charge is -2.23. The third-order valence-corrected chi connectivity index (χ3v) is 3.95. The van der Waals surface area contributed by atoms with E-state index < -0.39 is 0 Å². The normalized spacial score (nSPS) is 14.4. The highest BCUT2D eigenvalue weighted by Gasteiger charge is 2.19. The Morgan fingerprint density at radius 3 is 2.80 bits per heavy atom. The smallest absolute Gasteiger partial charge is 0.251 e. The van der Waals surface area contributed by atoms with Gasteiger partial charge in [-0.1, -0.05) is 20.8 Å². The van der Waals surface area contributed by atoms with Crippen LogP contribution < -0.4 is 10.6 Å². The van der Waals surface area contributed by atoms with Crippen molar-refractivity contribution >= 4 is 17.5 Å². The zero-order chi connectivity index (χ0) is 14.8. The van der Waals surface area contributed by atoms with E-state index in [9.17, 15) is 9.59 Å². The average Bonchev–Trinajstić information content (AvgIpc) is 2.44. The van der Waals surface area contributed by atoms with Crippen LogP contribution in [-0.4, -0.2) is 18.4 Å².